The summed E-state index contributed by atoms with van der Waals surface area (Å²) in [6, 6.07) is 8.96. The van der Waals surface area contributed by atoms with Crippen LogP contribution < -0.4 is 5.32 Å². The maximum Gasteiger partial charge on any atom is 0.255 e. The van der Waals surface area contributed by atoms with Gasteiger partial charge >= 0.3 is 0 Å². The van der Waals surface area contributed by atoms with Gasteiger partial charge in [0.15, 0.2) is 0 Å². The van der Waals surface area contributed by atoms with Gasteiger partial charge in [0.2, 0.25) is 0 Å². The van der Waals surface area contributed by atoms with Crippen LogP contribution in [-0.2, 0) is 0 Å². The van der Waals surface area contributed by atoms with E-state index >= 15 is 0 Å². The zero-order valence-corrected chi connectivity index (χ0v) is 14.2. The van der Waals surface area contributed by atoms with Gasteiger partial charge in [-0.2, -0.15) is 0 Å². The Morgan fingerprint density at radius 3 is 2.70 bits per heavy atom. The number of nitrogens with one attached hydrogen (secondary N) is 1. The fourth-order valence-electron chi connectivity index (χ4n) is 1.94. The van der Waals surface area contributed by atoms with Crippen LogP contribution in [0.25, 0.3) is 0 Å². The average molecular weight is 401 g/mol. The predicted octanol–water partition coefficient (Wildman–Crippen LogP) is 4.19. The number of halogens is 1. The molecule has 1 aromatic heterocycles. The van der Waals surface area contributed by atoms with Crippen LogP contribution in [-0.4, -0.2) is 11.0 Å². The van der Waals surface area contributed by atoms with Crippen molar-refractivity contribution in [2.24, 2.45) is 5.92 Å². The van der Waals surface area contributed by atoms with Gasteiger partial charge in [-0.3, -0.25) is 4.79 Å². The van der Waals surface area contributed by atoms with E-state index < -0.39 is 0 Å². The van der Waals surface area contributed by atoms with Crippen LogP contribution in [0.5, 0.6) is 5.75 Å². The molecule has 2 aromatic rings. The van der Waals surface area contributed by atoms with Crippen molar-refractivity contribution in [3.05, 3.63) is 49.7 Å². The van der Waals surface area contributed by atoms with Crippen LogP contribution >= 0.6 is 33.9 Å². The Labute approximate surface area is 136 Å². The number of carbonyl (C=O) groups is 1. The second-order valence-corrected chi connectivity index (χ2v) is 7.10. The Bertz CT molecular complexity index is 596. The van der Waals surface area contributed by atoms with Gasteiger partial charge in [0.25, 0.3) is 5.91 Å². The molecule has 0 saturated heterocycles. The van der Waals surface area contributed by atoms with Crippen molar-refractivity contribution in [3.8, 4) is 5.75 Å². The first kappa shape index (κ1) is 15.3. The smallest absolute Gasteiger partial charge is 0.255 e. The molecule has 0 aliphatic heterocycles. The molecule has 2 rings (SSSR count). The Morgan fingerprint density at radius 2 is 2.10 bits per heavy atom. The summed E-state index contributed by atoms with van der Waals surface area (Å²) in [4.78, 5) is 13.5. The number of carbonyl (C=O) groups excluding carboxylic acids is 1. The topological polar surface area (TPSA) is 49.3 Å². The van der Waals surface area contributed by atoms with Crippen LogP contribution in [0.4, 0.5) is 0 Å². The minimum atomic E-state index is -0.242. The van der Waals surface area contributed by atoms with Gasteiger partial charge < -0.3 is 10.4 Å². The molecular weight excluding hydrogens is 385 g/mol. The molecule has 3 nitrogen and oxygen atoms in total. The average Bonchev–Trinajstić information content (AvgIpc) is 2.91. The first-order chi connectivity index (χ1) is 9.49. The molecular formula is C15H16INO2S. The molecule has 0 aliphatic carbocycles. The Hall–Kier alpha value is -1.08. The normalized spacial score (nSPS) is 12.4. The molecule has 0 saturated carbocycles. The van der Waals surface area contributed by atoms with Crippen LogP contribution in [0.15, 0.2) is 35.7 Å². The first-order valence-corrected chi connectivity index (χ1v) is 8.27. The predicted molar refractivity (Wildman–Crippen MR) is 90.2 cm³/mol. The second-order valence-electron chi connectivity index (χ2n) is 4.87. The number of rotatable bonds is 4. The lowest BCUT2D eigenvalue weighted by Gasteiger charge is -2.21. The van der Waals surface area contributed by atoms with Crippen LogP contribution in [0.2, 0.25) is 0 Å². The molecule has 106 valence electrons. The summed E-state index contributed by atoms with van der Waals surface area (Å²) < 4.78 is 0.919. The van der Waals surface area contributed by atoms with E-state index in [0.29, 0.717) is 5.56 Å². The number of thiophene rings is 1. The van der Waals surface area contributed by atoms with Gasteiger partial charge in [-0.05, 0) is 58.2 Å². The minimum Gasteiger partial charge on any atom is -0.507 e. The van der Waals surface area contributed by atoms with Gasteiger partial charge in [0, 0.05) is 8.45 Å². The number of aromatic hydroxyl groups is 1. The zero-order valence-electron chi connectivity index (χ0n) is 11.3. The number of phenolic OH excluding ortho intramolecular Hbond substituents is 1. The van der Waals surface area contributed by atoms with Crippen molar-refractivity contribution >= 4 is 39.8 Å². The van der Waals surface area contributed by atoms with E-state index in [2.05, 4.69) is 41.8 Å². The molecule has 1 aromatic carbocycles. The molecule has 1 heterocycles. The van der Waals surface area contributed by atoms with Crippen LogP contribution in [0.1, 0.15) is 35.1 Å². The van der Waals surface area contributed by atoms with Gasteiger partial charge in [0.05, 0.1) is 11.6 Å². The van der Waals surface area contributed by atoms with E-state index in [1.54, 1.807) is 29.5 Å². The summed E-state index contributed by atoms with van der Waals surface area (Å²) in [5.41, 5.74) is 0.319. The molecule has 2 N–H and O–H groups in total. The molecule has 1 unspecified atom stereocenters. The molecule has 1 atom stereocenters. The highest BCUT2D eigenvalue weighted by molar-refractivity contribution is 14.1. The lowest BCUT2D eigenvalue weighted by atomic mass is 10.0. The largest absolute Gasteiger partial charge is 0.507 e. The summed E-state index contributed by atoms with van der Waals surface area (Å²) in [6.07, 6.45) is 0. The summed E-state index contributed by atoms with van der Waals surface area (Å²) in [5.74, 6) is 0.0484. The molecule has 0 radical (unpaired) electrons. The number of amides is 1. The summed E-state index contributed by atoms with van der Waals surface area (Å²) in [5, 5.41) is 14.8. The minimum absolute atomic E-state index is 0.0107. The van der Waals surface area contributed by atoms with Crippen LogP contribution in [0.3, 0.4) is 0 Å². The fourth-order valence-corrected chi connectivity index (χ4v) is 3.38. The maximum absolute atomic E-state index is 12.4. The number of benzene rings is 1. The second kappa shape index (κ2) is 6.58. The highest BCUT2D eigenvalue weighted by atomic mass is 127. The molecule has 5 heteroatoms. The van der Waals surface area contributed by atoms with Crippen molar-refractivity contribution < 1.29 is 9.90 Å². The Balaban J connectivity index is 2.23. The lowest BCUT2D eigenvalue weighted by molar-refractivity contribution is 0.0924. The lowest BCUT2D eigenvalue weighted by Crippen LogP contribution is -2.31. The third-order valence-corrected chi connectivity index (χ3v) is 4.63. The number of hydrogen-bond acceptors (Lipinski definition) is 3. The first-order valence-electron chi connectivity index (χ1n) is 6.32. The highest BCUT2D eigenvalue weighted by Gasteiger charge is 2.21. The molecule has 0 aliphatic rings. The van der Waals surface area contributed by atoms with E-state index in [4.69, 9.17) is 0 Å². The third-order valence-electron chi connectivity index (χ3n) is 3.01. The Kier molecular flexibility index (Phi) is 5.04. The van der Waals surface area contributed by atoms with Crippen molar-refractivity contribution in [3.63, 3.8) is 0 Å². The molecule has 0 spiro atoms. The quantitative estimate of drug-likeness (QED) is 0.756. The zero-order chi connectivity index (χ0) is 14.7. The van der Waals surface area contributed by atoms with Gasteiger partial charge in [-0.1, -0.05) is 19.9 Å². The molecule has 0 fully saturated rings. The van der Waals surface area contributed by atoms with Crippen molar-refractivity contribution in [2.75, 3.05) is 0 Å². The van der Waals surface area contributed by atoms with Crippen molar-refractivity contribution in [2.45, 2.75) is 19.9 Å². The summed E-state index contributed by atoms with van der Waals surface area (Å²) >= 11 is 3.75. The van der Waals surface area contributed by atoms with E-state index in [-0.39, 0.29) is 23.6 Å². The van der Waals surface area contributed by atoms with Gasteiger partial charge in [-0.15, -0.1) is 11.3 Å². The van der Waals surface area contributed by atoms with Gasteiger partial charge in [0.1, 0.15) is 5.75 Å². The van der Waals surface area contributed by atoms with E-state index in [0.717, 1.165) is 8.45 Å². The van der Waals surface area contributed by atoms with Crippen LogP contribution in [0, 0.1) is 9.49 Å². The summed E-state index contributed by atoms with van der Waals surface area (Å²) in [7, 11) is 0. The third kappa shape index (κ3) is 3.52. The molecule has 1 amide bonds. The number of phenols is 1. The standard InChI is InChI=1S/C15H16INO2S/c1-9(2)14(13-4-3-7-20-13)17-15(19)11-8-10(16)5-6-12(11)18/h3-9,14,18H,1-2H3,(H,17,19). The molecule has 20 heavy (non-hydrogen) atoms. The van der Waals surface area contributed by atoms with Gasteiger partial charge in [-0.25, -0.2) is 0 Å². The maximum atomic E-state index is 12.4. The number of hydrogen-bond donors (Lipinski definition) is 2. The Morgan fingerprint density at radius 1 is 1.35 bits per heavy atom. The highest BCUT2D eigenvalue weighted by Crippen LogP contribution is 2.27. The van der Waals surface area contributed by atoms with E-state index in [1.165, 1.54) is 0 Å². The molecule has 0 bridgehead atoms. The van der Waals surface area contributed by atoms with Crippen molar-refractivity contribution in [1.29, 1.82) is 0 Å². The summed E-state index contributed by atoms with van der Waals surface area (Å²) in [6.45, 7) is 4.14. The monoisotopic (exact) mass is 401 g/mol. The van der Waals surface area contributed by atoms with E-state index in [1.807, 2.05) is 17.5 Å². The van der Waals surface area contributed by atoms with E-state index in [9.17, 15) is 9.90 Å². The fraction of sp³-hybridized carbons (Fsp3) is 0.267. The SMILES string of the molecule is CC(C)C(NC(=O)c1cc(I)ccc1O)c1cccs1. The van der Waals surface area contributed by atoms with Crippen molar-refractivity contribution in [1.82, 2.24) is 5.32 Å².